The molecule has 0 spiro atoms. The summed E-state index contributed by atoms with van der Waals surface area (Å²) in [7, 11) is 0. The second-order valence-electron chi connectivity index (χ2n) is 8.18. The van der Waals surface area contributed by atoms with Crippen molar-refractivity contribution in [3.8, 4) is 6.07 Å². The predicted octanol–water partition coefficient (Wildman–Crippen LogP) is 5.90. The van der Waals surface area contributed by atoms with Gasteiger partial charge >= 0.3 is 0 Å². The van der Waals surface area contributed by atoms with Crippen LogP contribution in [0.15, 0.2) is 84.6 Å². The topological polar surface area (TPSA) is 63.6 Å². The number of carbonyl (C=O) groups is 1. The fraction of sp³-hybridized carbons (Fsp3) is 0.107. The highest BCUT2D eigenvalue weighted by Gasteiger charge is 2.17. The zero-order valence-electron chi connectivity index (χ0n) is 18.5. The molecular weight excluding hydrogens is 408 g/mol. The van der Waals surface area contributed by atoms with E-state index in [1.165, 1.54) is 21.0 Å². The fourth-order valence-electron chi connectivity index (χ4n) is 4.38. The van der Waals surface area contributed by atoms with Gasteiger partial charge in [0.05, 0.1) is 5.69 Å². The number of nitriles is 1. The average Bonchev–Trinajstić information content (AvgIpc) is 3.36. The standard InChI is InChI=1S/C28H22N4O/c1-19-14-20(2)32(30-19)28(33)23(16-29)15-24-18-31(27-13-6-5-12-26(24)27)17-22-10-7-9-21-8-3-4-11-25(21)22/h3-15,18H,17H2,1-2H3/b23-15+. The van der Waals surface area contributed by atoms with Crippen molar-refractivity contribution < 1.29 is 4.79 Å². The highest BCUT2D eigenvalue weighted by Crippen LogP contribution is 2.27. The fourth-order valence-corrected chi connectivity index (χ4v) is 4.38. The second kappa shape index (κ2) is 8.25. The lowest BCUT2D eigenvalue weighted by molar-refractivity contribution is 0.0943. The van der Waals surface area contributed by atoms with Gasteiger partial charge in [-0.05, 0) is 48.4 Å². The smallest absolute Gasteiger partial charge is 0.289 e. The van der Waals surface area contributed by atoms with E-state index in [1.807, 2.05) is 50.4 Å². The Morgan fingerprint density at radius 2 is 1.73 bits per heavy atom. The highest BCUT2D eigenvalue weighted by molar-refractivity contribution is 6.05. The van der Waals surface area contributed by atoms with Crippen LogP contribution in [0, 0.1) is 25.2 Å². The summed E-state index contributed by atoms with van der Waals surface area (Å²) in [5.74, 6) is -0.422. The number of hydrogen-bond donors (Lipinski definition) is 0. The van der Waals surface area contributed by atoms with Crippen molar-refractivity contribution in [2.75, 3.05) is 0 Å². The summed E-state index contributed by atoms with van der Waals surface area (Å²) in [4.78, 5) is 13.0. The summed E-state index contributed by atoms with van der Waals surface area (Å²) in [5, 5.41) is 17.4. The molecule has 0 aliphatic carbocycles. The summed E-state index contributed by atoms with van der Waals surface area (Å²) >= 11 is 0. The average molecular weight is 431 g/mol. The summed E-state index contributed by atoms with van der Waals surface area (Å²) in [6.07, 6.45) is 3.68. The molecule has 2 heterocycles. The third kappa shape index (κ3) is 3.72. The normalized spacial score (nSPS) is 11.7. The van der Waals surface area contributed by atoms with Gasteiger partial charge in [-0.2, -0.15) is 10.4 Å². The molecule has 0 radical (unpaired) electrons. The highest BCUT2D eigenvalue weighted by atomic mass is 16.2. The molecular formula is C28H22N4O. The zero-order chi connectivity index (χ0) is 22.9. The Kier molecular flexibility index (Phi) is 5.12. The Bertz CT molecular complexity index is 1590. The van der Waals surface area contributed by atoms with Gasteiger partial charge in [-0.15, -0.1) is 0 Å². The number of para-hydroxylation sites is 1. The van der Waals surface area contributed by atoms with Crippen LogP contribution in [0.4, 0.5) is 0 Å². The number of aromatic nitrogens is 3. The zero-order valence-corrected chi connectivity index (χ0v) is 18.5. The number of rotatable bonds is 4. The number of allylic oxidation sites excluding steroid dienone is 1. The Balaban J connectivity index is 1.59. The van der Waals surface area contributed by atoms with Gasteiger partial charge < -0.3 is 4.57 Å². The molecule has 0 saturated heterocycles. The van der Waals surface area contributed by atoms with Crippen LogP contribution in [0.1, 0.15) is 27.3 Å². The lowest BCUT2D eigenvalue weighted by atomic mass is 10.0. The molecule has 2 aromatic heterocycles. The van der Waals surface area contributed by atoms with Crippen LogP contribution in [0.2, 0.25) is 0 Å². The molecule has 3 aromatic carbocycles. The minimum Gasteiger partial charge on any atom is -0.342 e. The maximum absolute atomic E-state index is 13.0. The van der Waals surface area contributed by atoms with Crippen molar-refractivity contribution in [3.05, 3.63) is 107 Å². The molecule has 0 fully saturated rings. The van der Waals surface area contributed by atoms with Crippen molar-refractivity contribution in [1.29, 1.82) is 5.26 Å². The van der Waals surface area contributed by atoms with Gasteiger partial charge in [0.2, 0.25) is 0 Å². The van der Waals surface area contributed by atoms with Gasteiger partial charge in [-0.3, -0.25) is 4.79 Å². The molecule has 0 aliphatic rings. The Labute approximate surface area is 191 Å². The summed E-state index contributed by atoms with van der Waals surface area (Å²) in [6.45, 7) is 4.32. The van der Waals surface area contributed by atoms with E-state index in [2.05, 4.69) is 58.2 Å². The van der Waals surface area contributed by atoms with Crippen LogP contribution in [-0.4, -0.2) is 20.3 Å². The Morgan fingerprint density at radius 1 is 1.00 bits per heavy atom. The molecule has 0 bridgehead atoms. The van der Waals surface area contributed by atoms with E-state index >= 15 is 0 Å². The molecule has 5 rings (SSSR count). The third-order valence-electron chi connectivity index (χ3n) is 5.89. The SMILES string of the molecule is Cc1cc(C)n(C(=O)/C(C#N)=C/c2cn(Cc3cccc4ccccc34)c3ccccc23)n1. The number of benzene rings is 3. The van der Waals surface area contributed by atoms with E-state index in [0.29, 0.717) is 12.2 Å². The van der Waals surface area contributed by atoms with Gasteiger partial charge in [0.25, 0.3) is 5.91 Å². The minimum absolute atomic E-state index is 0.0502. The molecule has 0 atom stereocenters. The Morgan fingerprint density at radius 3 is 2.48 bits per heavy atom. The maximum Gasteiger partial charge on any atom is 0.289 e. The molecule has 33 heavy (non-hydrogen) atoms. The van der Waals surface area contributed by atoms with E-state index in [-0.39, 0.29) is 5.57 Å². The van der Waals surface area contributed by atoms with Crippen molar-refractivity contribution in [2.24, 2.45) is 0 Å². The van der Waals surface area contributed by atoms with E-state index in [1.54, 1.807) is 6.08 Å². The molecule has 0 unspecified atom stereocenters. The monoisotopic (exact) mass is 430 g/mol. The predicted molar refractivity (Wildman–Crippen MR) is 131 cm³/mol. The maximum atomic E-state index is 13.0. The third-order valence-corrected chi connectivity index (χ3v) is 5.89. The van der Waals surface area contributed by atoms with Gasteiger partial charge in [0.1, 0.15) is 11.6 Å². The van der Waals surface area contributed by atoms with E-state index < -0.39 is 5.91 Å². The molecule has 0 N–H and O–H groups in total. The van der Waals surface area contributed by atoms with Crippen molar-refractivity contribution in [3.63, 3.8) is 0 Å². The summed E-state index contributed by atoms with van der Waals surface area (Å²) in [5.41, 5.74) is 4.59. The second-order valence-corrected chi connectivity index (χ2v) is 8.18. The first-order valence-corrected chi connectivity index (χ1v) is 10.8. The molecule has 0 aliphatic heterocycles. The van der Waals surface area contributed by atoms with Crippen LogP contribution in [-0.2, 0) is 6.54 Å². The number of nitrogens with zero attached hydrogens (tertiary/aromatic N) is 4. The van der Waals surface area contributed by atoms with E-state index in [4.69, 9.17) is 0 Å². The number of fused-ring (bicyclic) bond motifs is 2. The first kappa shape index (κ1) is 20.5. The van der Waals surface area contributed by atoms with Crippen molar-refractivity contribution >= 4 is 33.7 Å². The van der Waals surface area contributed by atoms with E-state index in [9.17, 15) is 10.1 Å². The van der Waals surface area contributed by atoms with Crippen LogP contribution in [0.3, 0.4) is 0 Å². The van der Waals surface area contributed by atoms with Gasteiger partial charge in [-0.1, -0.05) is 60.7 Å². The summed E-state index contributed by atoms with van der Waals surface area (Å²) < 4.78 is 3.46. The lowest BCUT2D eigenvalue weighted by Crippen LogP contribution is -2.15. The van der Waals surface area contributed by atoms with Crippen LogP contribution in [0.5, 0.6) is 0 Å². The Hall–Kier alpha value is -4.43. The van der Waals surface area contributed by atoms with Crippen molar-refractivity contribution in [1.82, 2.24) is 14.3 Å². The molecule has 5 heteroatoms. The largest absolute Gasteiger partial charge is 0.342 e. The first-order valence-electron chi connectivity index (χ1n) is 10.8. The molecule has 5 nitrogen and oxygen atoms in total. The molecule has 5 aromatic rings. The molecule has 0 amide bonds. The molecule has 160 valence electrons. The minimum atomic E-state index is -0.422. The van der Waals surface area contributed by atoms with Crippen LogP contribution < -0.4 is 0 Å². The first-order chi connectivity index (χ1) is 16.0. The summed E-state index contributed by atoms with van der Waals surface area (Å²) in [6, 6.07) is 26.6. The molecule has 0 saturated carbocycles. The van der Waals surface area contributed by atoms with Gasteiger partial charge in [0.15, 0.2) is 0 Å². The quantitative estimate of drug-likeness (QED) is 0.263. The van der Waals surface area contributed by atoms with Crippen LogP contribution >= 0.6 is 0 Å². The van der Waals surface area contributed by atoms with Crippen molar-refractivity contribution in [2.45, 2.75) is 20.4 Å². The number of aryl methyl sites for hydroxylation is 2. The number of carbonyl (C=O) groups excluding carboxylic acids is 1. The van der Waals surface area contributed by atoms with Gasteiger partial charge in [-0.25, -0.2) is 4.68 Å². The number of hydrogen-bond acceptors (Lipinski definition) is 3. The van der Waals surface area contributed by atoms with Crippen LogP contribution in [0.25, 0.3) is 27.8 Å². The lowest BCUT2D eigenvalue weighted by Gasteiger charge is -2.09. The van der Waals surface area contributed by atoms with E-state index in [0.717, 1.165) is 22.2 Å². The van der Waals surface area contributed by atoms with Gasteiger partial charge in [0, 0.05) is 34.9 Å².